The molecule has 1 heterocycles. The van der Waals surface area contributed by atoms with Gasteiger partial charge in [0.15, 0.2) is 5.78 Å². The number of nitrogens with one attached hydrogen (secondary N) is 1. The molecule has 98 valence electrons. The molecule has 0 aliphatic carbocycles. The van der Waals surface area contributed by atoms with Crippen molar-refractivity contribution in [3.05, 3.63) is 29.8 Å². The SMILES string of the molecule is [B]c1ccc(C(=O)CNC(=O)C2CCCN2C)cc1. The van der Waals surface area contributed by atoms with E-state index < -0.39 is 0 Å². The maximum absolute atomic E-state index is 11.9. The van der Waals surface area contributed by atoms with Crippen LogP contribution >= 0.6 is 0 Å². The molecule has 2 radical (unpaired) electrons. The molecule has 1 aliphatic heterocycles. The quantitative estimate of drug-likeness (QED) is 0.603. The summed E-state index contributed by atoms with van der Waals surface area (Å²) in [5.41, 5.74) is 1.18. The van der Waals surface area contributed by atoms with Crippen molar-refractivity contribution in [3.63, 3.8) is 0 Å². The van der Waals surface area contributed by atoms with E-state index >= 15 is 0 Å². The van der Waals surface area contributed by atoms with Gasteiger partial charge in [-0.25, -0.2) is 0 Å². The van der Waals surface area contributed by atoms with E-state index in [1.54, 1.807) is 24.3 Å². The fourth-order valence-corrected chi connectivity index (χ4v) is 2.30. The van der Waals surface area contributed by atoms with Crippen LogP contribution in [0.3, 0.4) is 0 Å². The summed E-state index contributed by atoms with van der Waals surface area (Å²) in [5.74, 6) is -0.169. The zero-order valence-electron chi connectivity index (χ0n) is 11.1. The highest BCUT2D eigenvalue weighted by atomic mass is 16.2. The number of likely N-dealkylation sites (tertiary alicyclic amines) is 1. The van der Waals surface area contributed by atoms with Crippen molar-refractivity contribution in [2.75, 3.05) is 20.1 Å². The van der Waals surface area contributed by atoms with Crippen LogP contribution in [0.2, 0.25) is 0 Å². The van der Waals surface area contributed by atoms with Gasteiger partial charge in [0, 0.05) is 5.56 Å². The Labute approximate surface area is 114 Å². The molecule has 1 aliphatic rings. The minimum Gasteiger partial charge on any atom is -0.347 e. The van der Waals surface area contributed by atoms with E-state index in [1.165, 1.54) is 0 Å². The fraction of sp³-hybridized carbons (Fsp3) is 0.429. The van der Waals surface area contributed by atoms with Gasteiger partial charge in [-0.2, -0.15) is 0 Å². The third-order valence-corrected chi connectivity index (χ3v) is 3.48. The molecule has 1 atom stereocenters. The van der Waals surface area contributed by atoms with Crippen molar-refractivity contribution in [3.8, 4) is 0 Å². The Bertz CT molecular complexity index is 473. The molecule has 1 aromatic carbocycles. The summed E-state index contributed by atoms with van der Waals surface area (Å²) in [7, 11) is 7.49. The lowest BCUT2D eigenvalue weighted by Crippen LogP contribution is -2.43. The van der Waals surface area contributed by atoms with Gasteiger partial charge in [0.25, 0.3) is 0 Å². The first-order chi connectivity index (χ1) is 9.08. The van der Waals surface area contributed by atoms with E-state index in [-0.39, 0.29) is 24.3 Å². The van der Waals surface area contributed by atoms with Crippen molar-refractivity contribution in [1.29, 1.82) is 0 Å². The number of nitrogens with zero attached hydrogens (tertiary/aromatic N) is 1. The summed E-state index contributed by atoms with van der Waals surface area (Å²) in [4.78, 5) is 25.8. The largest absolute Gasteiger partial charge is 0.347 e. The van der Waals surface area contributed by atoms with Crippen LogP contribution in [-0.2, 0) is 4.79 Å². The first-order valence-corrected chi connectivity index (χ1v) is 6.44. The molecule has 2 rings (SSSR count). The smallest absolute Gasteiger partial charge is 0.237 e. The number of amides is 1. The van der Waals surface area contributed by atoms with E-state index in [0.29, 0.717) is 11.0 Å². The van der Waals surface area contributed by atoms with E-state index in [2.05, 4.69) is 5.32 Å². The average molecular weight is 256 g/mol. The number of rotatable bonds is 4. The standard InChI is InChI=1S/C14H17BN2O2/c1-17-8-2-3-12(17)14(19)16-9-13(18)10-4-6-11(15)7-5-10/h4-7,12H,2-3,8-9H2,1H3,(H,16,19). The van der Waals surface area contributed by atoms with Crippen LogP contribution in [0.4, 0.5) is 0 Å². The van der Waals surface area contributed by atoms with Gasteiger partial charge in [0.05, 0.1) is 12.6 Å². The molecule has 0 saturated carbocycles. The van der Waals surface area contributed by atoms with Crippen LogP contribution in [-0.4, -0.2) is 50.6 Å². The molecule has 0 spiro atoms. The Kier molecular flexibility index (Phi) is 4.37. The molecule has 0 aromatic heterocycles. The average Bonchev–Trinajstić information content (AvgIpc) is 2.83. The minimum absolute atomic E-state index is 0.0348. The van der Waals surface area contributed by atoms with Gasteiger partial charge in [0.2, 0.25) is 5.91 Å². The lowest BCUT2D eigenvalue weighted by Gasteiger charge is -2.18. The predicted octanol–water partition coefficient (Wildman–Crippen LogP) is -0.126. The Morgan fingerprint density at radius 2 is 2.05 bits per heavy atom. The van der Waals surface area contributed by atoms with Crippen LogP contribution in [0.25, 0.3) is 0 Å². The molecule has 5 heteroatoms. The van der Waals surface area contributed by atoms with Gasteiger partial charge in [-0.1, -0.05) is 29.7 Å². The third-order valence-electron chi connectivity index (χ3n) is 3.48. The molecule has 0 bridgehead atoms. The highest BCUT2D eigenvalue weighted by molar-refractivity contribution is 6.32. The lowest BCUT2D eigenvalue weighted by molar-refractivity contribution is -0.124. The third kappa shape index (κ3) is 3.44. The number of likely N-dealkylation sites (N-methyl/N-ethyl adjacent to an activating group) is 1. The van der Waals surface area contributed by atoms with Crippen molar-refractivity contribution in [1.82, 2.24) is 10.2 Å². The van der Waals surface area contributed by atoms with Crippen LogP contribution in [0.1, 0.15) is 23.2 Å². The van der Waals surface area contributed by atoms with Gasteiger partial charge >= 0.3 is 0 Å². The monoisotopic (exact) mass is 256 g/mol. The molecule has 1 amide bonds. The summed E-state index contributed by atoms with van der Waals surface area (Å²) in [5, 5.41) is 2.71. The van der Waals surface area contributed by atoms with Crippen LogP contribution in [0.15, 0.2) is 24.3 Å². The molecule has 1 saturated heterocycles. The molecule has 1 N–H and O–H groups in total. The first-order valence-electron chi connectivity index (χ1n) is 6.44. The van der Waals surface area contributed by atoms with Crippen molar-refractivity contribution in [2.24, 2.45) is 0 Å². The van der Waals surface area contributed by atoms with E-state index in [1.807, 2.05) is 11.9 Å². The van der Waals surface area contributed by atoms with Crippen LogP contribution in [0.5, 0.6) is 0 Å². The Morgan fingerprint density at radius 1 is 1.37 bits per heavy atom. The second kappa shape index (κ2) is 6.02. The lowest BCUT2D eigenvalue weighted by atomic mass is 9.94. The molecule has 19 heavy (non-hydrogen) atoms. The molecular weight excluding hydrogens is 239 g/mol. The maximum atomic E-state index is 11.9. The summed E-state index contributed by atoms with van der Waals surface area (Å²) in [6, 6.07) is 6.61. The number of hydrogen-bond acceptors (Lipinski definition) is 3. The molecule has 4 nitrogen and oxygen atoms in total. The molecule has 1 aromatic rings. The molecular formula is C14H17BN2O2. The second-order valence-corrected chi connectivity index (χ2v) is 4.90. The van der Waals surface area contributed by atoms with Gasteiger partial charge in [0.1, 0.15) is 7.85 Å². The van der Waals surface area contributed by atoms with E-state index in [0.717, 1.165) is 19.4 Å². The minimum atomic E-state index is -0.103. The number of benzene rings is 1. The van der Waals surface area contributed by atoms with Gasteiger partial charge in [-0.3, -0.25) is 14.5 Å². The number of hydrogen-bond donors (Lipinski definition) is 1. The maximum Gasteiger partial charge on any atom is 0.237 e. The fourth-order valence-electron chi connectivity index (χ4n) is 2.30. The van der Waals surface area contributed by atoms with Crippen LogP contribution < -0.4 is 10.8 Å². The van der Waals surface area contributed by atoms with Crippen LogP contribution in [0, 0.1) is 0 Å². The highest BCUT2D eigenvalue weighted by Crippen LogP contribution is 2.14. The highest BCUT2D eigenvalue weighted by Gasteiger charge is 2.27. The number of carbonyl (C=O) groups is 2. The summed E-state index contributed by atoms with van der Waals surface area (Å²) < 4.78 is 0. The van der Waals surface area contributed by atoms with E-state index in [4.69, 9.17) is 7.85 Å². The van der Waals surface area contributed by atoms with Gasteiger partial charge in [-0.05, 0) is 26.4 Å². The Morgan fingerprint density at radius 3 is 2.63 bits per heavy atom. The van der Waals surface area contributed by atoms with Crippen molar-refractivity contribution in [2.45, 2.75) is 18.9 Å². The zero-order valence-corrected chi connectivity index (χ0v) is 11.1. The first kappa shape index (κ1) is 13.8. The summed E-state index contributed by atoms with van der Waals surface area (Å²) in [6.45, 7) is 0.969. The van der Waals surface area contributed by atoms with Gasteiger partial charge in [-0.15, -0.1) is 0 Å². The summed E-state index contributed by atoms with van der Waals surface area (Å²) in [6.07, 6.45) is 1.89. The number of Topliss-reactive ketones (excluding diaryl/α,β-unsaturated/α-hetero) is 1. The normalized spacial score (nSPS) is 19.3. The zero-order chi connectivity index (χ0) is 13.8. The van der Waals surface area contributed by atoms with Gasteiger partial charge < -0.3 is 5.32 Å². The number of carbonyl (C=O) groups excluding carboxylic acids is 2. The molecule has 1 fully saturated rings. The topological polar surface area (TPSA) is 49.4 Å². The van der Waals surface area contributed by atoms with Crippen molar-refractivity contribution < 1.29 is 9.59 Å². The summed E-state index contributed by atoms with van der Waals surface area (Å²) >= 11 is 0. The second-order valence-electron chi connectivity index (χ2n) is 4.90. The van der Waals surface area contributed by atoms with Crippen molar-refractivity contribution >= 4 is 25.0 Å². The Balaban J connectivity index is 1.86. The molecule has 1 unspecified atom stereocenters. The Hall–Kier alpha value is -1.62. The number of ketones is 1. The van der Waals surface area contributed by atoms with E-state index in [9.17, 15) is 9.59 Å². The predicted molar refractivity (Wildman–Crippen MR) is 74.8 cm³/mol.